The van der Waals surface area contributed by atoms with Crippen molar-refractivity contribution in [3.05, 3.63) is 53.9 Å². The van der Waals surface area contributed by atoms with Crippen LogP contribution in [0.1, 0.15) is 24.2 Å². The first-order valence-electron chi connectivity index (χ1n) is 7.65. The summed E-state index contributed by atoms with van der Waals surface area (Å²) in [6.07, 6.45) is 6.34. The molecule has 2 aromatic rings. The molecule has 0 atom stereocenters. The lowest BCUT2D eigenvalue weighted by atomic mass is 9.96. The number of nitrogens with zero attached hydrogens (tertiary/aromatic N) is 3. The summed E-state index contributed by atoms with van der Waals surface area (Å²) >= 11 is 0. The highest BCUT2D eigenvalue weighted by Gasteiger charge is 2.20. The van der Waals surface area contributed by atoms with Crippen LogP contribution >= 0.6 is 0 Å². The molecule has 1 aliphatic rings. The van der Waals surface area contributed by atoms with Crippen LogP contribution in [0.3, 0.4) is 0 Å². The largest absolute Gasteiger partial charge is 0.335 e. The van der Waals surface area contributed by atoms with Crippen molar-refractivity contribution < 1.29 is 4.39 Å². The van der Waals surface area contributed by atoms with Gasteiger partial charge in [-0.25, -0.2) is 9.37 Å². The number of hydrogen-bond donors (Lipinski definition) is 0. The number of likely N-dealkylation sites (tertiary alicyclic amines) is 1. The topological polar surface area (TPSA) is 21.1 Å². The van der Waals surface area contributed by atoms with Crippen LogP contribution in [0.15, 0.2) is 36.7 Å². The Morgan fingerprint density at radius 1 is 1.29 bits per heavy atom. The fourth-order valence-corrected chi connectivity index (χ4v) is 3.10. The van der Waals surface area contributed by atoms with Crippen LogP contribution < -0.4 is 0 Å². The molecule has 0 bridgehead atoms. The molecular formula is C17H22FN3. The Labute approximate surface area is 125 Å². The molecule has 2 heterocycles. The standard InChI is InChI=1S/C17H22FN3/c1-14-19-7-10-21(14)13-15-5-8-20(9-6-15)12-16-3-2-4-17(18)11-16/h2-4,7,10-11,15H,5-6,8-9,12-13H2,1H3. The van der Waals surface area contributed by atoms with Crippen molar-refractivity contribution in [2.45, 2.75) is 32.9 Å². The minimum atomic E-state index is -0.141. The van der Waals surface area contributed by atoms with Crippen LogP contribution in [-0.2, 0) is 13.1 Å². The normalized spacial score (nSPS) is 17.2. The average Bonchev–Trinajstić information content (AvgIpc) is 2.87. The Morgan fingerprint density at radius 3 is 2.76 bits per heavy atom. The first-order chi connectivity index (χ1) is 10.2. The zero-order valence-electron chi connectivity index (χ0n) is 12.5. The second-order valence-corrected chi connectivity index (χ2v) is 5.98. The van der Waals surface area contributed by atoms with E-state index in [2.05, 4.69) is 27.6 Å². The number of rotatable bonds is 4. The molecule has 0 spiro atoms. The number of aromatic nitrogens is 2. The molecule has 3 rings (SSSR count). The molecule has 0 N–H and O–H groups in total. The predicted octanol–water partition coefficient (Wildman–Crippen LogP) is 3.24. The third kappa shape index (κ3) is 3.70. The lowest BCUT2D eigenvalue weighted by Crippen LogP contribution is -2.34. The first-order valence-corrected chi connectivity index (χ1v) is 7.65. The van der Waals surface area contributed by atoms with Crippen LogP contribution in [-0.4, -0.2) is 27.5 Å². The molecule has 0 aliphatic carbocycles. The van der Waals surface area contributed by atoms with E-state index in [4.69, 9.17) is 0 Å². The number of piperidine rings is 1. The fraction of sp³-hybridized carbons (Fsp3) is 0.471. The molecule has 0 radical (unpaired) electrons. The Hall–Kier alpha value is -1.68. The summed E-state index contributed by atoms with van der Waals surface area (Å²) in [5, 5.41) is 0. The SMILES string of the molecule is Cc1nccn1CC1CCN(Cc2cccc(F)c2)CC1. The van der Waals surface area contributed by atoms with Crippen molar-refractivity contribution in [3.63, 3.8) is 0 Å². The maximum absolute atomic E-state index is 13.2. The second-order valence-electron chi connectivity index (χ2n) is 5.98. The third-order valence-corrected chi connectivity index (χ3v) is 4.38. The van der Waals surface area contributed by atoms with E-state index in [1.807, 2.05) is 12.3 Å². The van der Waals surface area contributed by atoms with Crippen LogP contribution in [0.5, 0.6) is 0 Å². The van der Waals surface area contributed by atoms with E-state index in [9.17, 15) is 4.39 Å². The van der Waals surface area contributed by atoms with Crippen molar-refractivity contribution in [2.24, 2.45) is 5.92 Å². The molecule has 3 nitrogen and oxygen atoms in total. The van der Waals surface area contributed by atoms with Gasteiger partial charge in [-0.2, -0.15) is 0 Å². The first kappa shape index (κ1) is 14.3. The average molecular weight is 287 g/mol. The molecule has 1 aromatic heterocycles. The number of halogens is 1. The highest BCUT2D eigenvalue weighted by atomic mass is 19.1. The van der Waals surface area contributed by atoms with E-state index in [1.165, 1.54) is 18.9 Å². The molecular weight excluding hydrogens is 265 g/mol. The molecule has 21 heavy (non-hydrogen) atoms. The van der Waals surface area contributed by atoms with E-state index >= 15 is 0 Å². The molecule has 1 aliphatic heterocycles. The van der Waals surface area contributed by atoms with Crippen molar-refractivity contribution in [1.82, 2.24) is 14.5 Å². The quantitative estimate of drug-likeness (QED) is 0.861. The molecule has 0 amide bonds. The summed E-state index contributed by atoms with van der Waals surface area (Å²) in [6.45, 7) is 6.16. The zero-order valence-corrected chi connectivity index (χ0v) is 12.5. The van der Waals surface area contributed by atoms with Gasteiger partial charge in [0.15, 0.2) is 0 Å². The predicted molar refractivity (Wildman–Crippen MR) is 81.4 cm³/mol. The van der Waals surface area contributed by atoms with Gasteiger partial charge in [0.1, 0.15) is 11.6 Å². The molecule has 0 unspecified atom stereocenters. The van der Waals surface area contributed by atoms with Crippen molar-refractivity contribution in [1.29, 1.82) is 0 Å². The van der Waals surface area contributed by atoms with Crippen LogP contribution in [0, 0.1) is 18.7 Å². The van der Waals surface area contributed by atoms with Crippen molar-refractivity contribution in [2.75, 3.05) is 13.1 Å². The van der Waals surface area contributed by atoms with Crippen LogP contribution in [0.25, 0.3) is 0 Å². The maximum Gasteiger partial charge on any atom is 0.123 e. The van der Waals surface area contributed by atoms with Gasteiger partial charge in [0.05, 0.1) is 0 Å². The van der Waals surface area contributed by atoms with Gasteiger partial charge in [0.25, 0.3) is 0 Å². The number of benzene rings is 1. The minimum absolute atomic E-state index is 0.141. The minimum Gasteiger partial charge on any atom is -0.335 e. The van der Waals surface area contributed by atoms with Gasteiger partial charge in [-0.1, -0.05) is 12.1 Å². The molecule has 4 heteroatoms. The van der Waals surface area contributed by atoms with Gasteiger partial charge in [-0.3, -0.25) is 4.90 Å². The lowest BCUT2D eigenvalue weighted by molar-refractivity contribution is 0.166. The zero-order chi connectivity index (χ0) is 14.7. The van der Waals surface area contributed by atoms with Gasteiger partial charge >= 0.3 is 0 Å². The highest BCUT2D eigenvalue weighted by molar-refractivity contribution is 5.16. The summed E-state index contributed by atoms with van der Waals surface area (Å²) < 4.78 is 15.4. The van der Waals surface area contributed by atoms with Crippen LogP contribution in [0.2, 0.25) is 0 Å². The number of imidazole rings is 1. The molecule has 1 saturated heterocycles. The maximum atomic E-state index is 13.2. The van der Waals surface area contributed by atoms with Crippen LogP contribution in [0.4, 0.5) is 4.39 Å². The van der Waals surface area contributed by atoms with Crippen molar-refractivity contribution in [3.8, 4) is 0 Å². The summed E-state index contributed by atoms with van der Waals surface area (Å²) in [5.74, 6) is 1.68. The summed E-state index contributed by atoms with van der Waals surface area (Å²) in [6, 6.07) is 6.94. The van der Waals surface area contributed by atoms with Gasteiger partial charge in [-0.05, 0) is 56.5 Å². The van der Waals surface area contributed by atoms with Gasteiger partial charge < -0.3 is 4.57 Å². The van der Waals surface area contributed by atoms with E-state index in [1.54, 1.807) is 12.1 Å². The molecule has 0 saturated carbocycles. The summed E-state index contributed by atoms with van der Waals surface area (Å²) in [5.41, 5.74) is 1.07. The highest BCUT2D eigenvalue weighted by Crippen LogP contribution is 2.21. The van der Waals surface area contributed by atoms with Crippen molar-refractivity contribution >= 4 is 0 Å². The fourth-order valence-electron chi connectivity index (χ4n) is 3.10. The lowest BCUT2D eigenvalue weighted by Gasteiger charge is -2.32. The van der Waals surface area contributed by atoms with Gasteiger partial charge in [0.2, 0.25) is 0 Å². The summed E-state index contributed by atoms with van der Waals surface area (Å²) in [7, 11) is 0. The second kappa shape index (κ2) is 6.39. The molecule has 1 aromatic carbocycles. The van der Waals surface area contributed by atoms with Gasteiger partial charge in [0, 0.05) is 25.5 Å². The van der Waals surface area contributed by atoms with E-state index in [-0.39, 0.29) is 5.82 Å². The summed E-state index contributed by atoms with van der Waals surface area (Å²) in [4.78, 5) is 6.70. The molecule has 1 fully saturated rings. The van der Waals surface area contributed by atoms with E-state index in [0.717, 1.165) is 43.5 Å². The smallest absolute Gasteiger partial charge is 0.123 e. The van der Waals surface area contributed by atoms with Gasteiger partial charge in [-0.15, -0.1) is 0 Å². The Balaban J connectivity index is 1.50. The number of hydrogen-bond acceptors (Lipinski definition) is 2. The molecule has 112 valence electrons. The van der Waals surface area contributed by atoms with E-state index < -0.39 is 0 Å². The Kier molecular flexibility index (Phi) is 4.34. The third-order valence-electron chi connectivity index (χ3n) is 4.38. The Morgan fingerprint density at radius 2 is 2.10 bits per heavy atom. The Bertz CT molecular complexity index is 585. The monoisotopic (exact) mass is 287 g/mol. The number of aryl methyl sites for hydroxylation is 1. The van der Waals surface area contributed by atoms with E-state index in [0.29, 0.717) is 0 Å².